The summed E-state index contributed by atoms with van der Waals surface area (Å²) in [5, 5.41) is 9.09. The zero-order chi connectivity index (χ0) is 20.7. The van der Waals surface area contributed by atoms with Crippen LogP contribution in [0.15, 0.2) is 60.8 Å². The molecule has 0 saturated heterocycles. The Morgan fingerprint density at radius 1 is 1.03 bits per heavy atom. The summed E-state index contributed by atoms with van der Waals surface area (Å²) in [6.07, 6.45) is 1.77. The fourth-order valence-electron chi connectivity index (χ4n) is 4.40. The van der Waals surface area contributed by atoms with Crippen LogP contribution in [-0.2, 0) is 17.7 Å². The SMILES string of the molecule is O=C(O)c1cc2c(cn1)CN(C(=O)OCC1c3ccccc3-c3ccccc31)CC2. The number of carboxylic acids is 1. The molecule has 0 bridgehead atoms. The topological polar surface area (TPSA) is 79.7 Å². The van der Waals surface area contributed by atoms with Crippen LogP contribution >= 0.6 is 0 Å². The van der Waals surface area contributed by atoms with Crippen molar-refractivity contribution in [1.82, 2.24) is 9.88 Å². The van der Waals surface area contributed by atoms with E-state index < -0.39 is 5.97 Å². The second kappa shape index (κ2) is 7.30. The molecule has 3 aromatic rings. The first-order chi connectivity index (χ1) is 14.6. The zero-order valence-electron chi connectivity index (χ0n) is 16.2. The van der Waals surface area contributed by atoms with Crippen LogP contribution in [0.4, 0.5) is 4.79 Å². The minimum absolute atomic E-state index is 0.0261. The third-order valence-corrected chi connectivity index (χ3v) is 5.91. The van der Waals surface area contributed by atoms with Crippen molar-refractivity contribution < 1.29 is 19.4 Å². The molecule has 6 nitrogen and oxygen atoms in total. The van der Waals surface area contributed by atoms with Crippen LogP contribution in [0.2, 0.25) is 0 Å². The number of carbonyl (C=O) groups is 2. The first kappa shape index (κ1) is 18.4. The Labute approximate surface area is 173 Å². The molecule has 2 aliphatic rings. The van der Waals surface area contributed by atoms with Crippen molar-refractivity contribution in [2.24, 2.45) is 0 Å². The zero-order valence-corrected chi connectivity index (χ0v) is 16.2. The van der Waals surface area contributed by atoms with Crippen LogP contribution in [0, 0.1) is 0 Å². The third kappa shape index (κ3) is 3.10. The molecule has 1 amide bonds. The first-order valence-electron chi connectivity index (χ1n) is 9.93. The Balaban J connectivity index is 1.30. The predicted octanol–water partition coefficient (Wildman–Crippen LogP) is 4.09. The van der Waals surface area contributed by atoms with Gasteiger partial charge < -0.3 is 14.7 Å². The second-order valence-corrected chi connectivity index (χ2v) is 7.62. The number of nitrogens with zero attached hydrogens (tertiary/aromatic N) is 2. The molecule has 1 aliphatic heterocycles. The molecule has 0 saturated carbocycles. The summed E-state index contributed by atoms with van der Waals surface area (Å²) in [6.45, 7) is 1.15. The van der Waals surface area contributed by atoms with Crippen LogP contribution < -0.4 is 0 Å². The highest BCUT2D eigenvalue weighted by atomic mass is 16.6. The van der Waals surface area contributed by atoms with Gasteiger partial charge in [0.25, 0.3) is 0 Å². The molecule has 150 valence electrons. The normalized spacial score (nSPS) is 14.6. The summed E-state index contributed by atoms with van der Waals surface area (Å²) in [5.74, 6) is -1.02. The van der Waals surface area contributed by atoms with E-state index in [-0.39, 0.29) is 24.3 Å². The van der Waals surface area contributed by atoms with Gasteiger partial charge in [0.2, 0.25) is 0 Å². The molecule has 0 atom stereocenters. The van der Waals surface area contributed by atoms with E-state index in [2.05, 4.69) is 29.2 Å². The number of amides is 1. The Hall–Kier alpha value is -3.67. The van der Waals surface area contributed by atoms with Crippen molar-refractivity contribution in [2.45, 2.75) is 18.9 Å². The quantitative estimate of drug-likeness (QED) is 0.716. The van der Waals surface area contributed by atoms with Crippen molar-refractivity contribution in [2.75, 3.05) is 13.2 Å². The number of pyridine rings is 1. The smallest absolute Gasteiger partial charge is 0.410 e. The summed E-state index contributed by atoms with van der Waals surface area (Å²) in [7, 11) is 0. The number of hydrogen-bond acceptors (Lipinski definition) is 4. The van der Waals surface area contributed by atoms with E-state index in [9.17, 15) is 9.59 Å². The summed E-state index contributed by atoms with van der Waals surface area (Å²) in [5.41, 5.74) is 6.57. The van der Waals surface area contributed by atoms with Gasteiger partial charge in [-0.2, -0.15) is 0 Å². The van der Waals surface area contributed by atoms with Gasteiger partial charge in [0.1, 0.15) is 12.3 Å². The van der Waals surface area contributed by atoms with Crippen molar-refractivity contribution in [1.29, 1.82) is 0 Å². The maximum Gasteiger partial charge on any atom is 0.410 e. The standard InChI is InChI=1S/C24H20N2O4/c27-23(28)22-11-15-9-10-26(13-16(15)12-25-22)24(29)30-14-21-19-7-3-1-5-17(19)18-6-2-4-8-20(18)21/h1-8,11-12,21H,9-10,13-14H2,(H,27,28). The van der Waals surface area contributed by atoms with Gasteiger partial charge in [-0.3, -0.25) is 0 Å². The lowest BCUT2D eigenvalue weighted by atomic mass is 9.98. The van der Waals surface area contributed by atoms with Gasteiger partial charge >= 0.3 is 12.1 Å². The van der Waals surface area contributed by atoms with Gasteiger partial charge in [0, 0.05) is 18.7 Å². The van der Waals surface area contributed by atoms with Crippen LogP contribution in [0.3, 0.4) is 0 Å². The molecule has 5 rings (SSSR count). The van der Waals surface area contributed by atoms with Gasteiger partial charge in [0.15, 0.2) is 0 Å². The summed E-state index contributed by atoms with van der Waals surface area (Å²) < 4.78 is 5.73. The van der Waals surface area contributed by atoms with Crippen molar-refractivity contribution in [3.05, 3.63) is 88.7 Å². The molecule has 2 aromatic carbocycles. The average molecular weight is 400 g/mol. The number of aromatic carboxylic acids is 1. The number of hydrogen-bond donors (Lipinski definition) is 1. The lowest BCUT2D eigenvalue weighted by molar-refractivity contribution is 0.0689. The lowest BCUT2D eigenvalue weighted by Crippen LogP contribution is -2.37. The van der Waals surface area contributed by atoms with E-state index in [1.54, 1.807) is 17.2 Å². The number of benzene rings is 2. The molecule has 6 heteroatoms. The van der Waals surface area contributed by atoms with E-state index in [4.69, 9.17) is 9.84 Å². The predicted molar refractivity (Wildman–Crippen MR) is 110 cm³/mol. The molecule has 2 heterocycles. The van der Waals surface area contributed by atoms with E-state index in [0.29, 0.717) is 19.5 Å². The number of fused-ring (bicyclic) bond motifs is 4. The average Bonchev–Trinajstić information content (AvgIpc) is 3.10. The fraction of sp³-hybridized carbons (Fsp3) is 0.208. The first-order valence-corrected chi connectivity index (χ1v) is 9.93. The minimum atomic E-state index is -1.04. The van der Waals surface area contributed by atoms with Crippen LogP contribution in [0.5, 0.6) is 0 Å². The Morgan fingerprint density at radius 2 is 1.70 bits per heavy atom. The molecule has 0 spiro atoms. The van der Waals surface area contributed by atoms with Crippen molar-refractivity contribution in [3.8, 4) is 11.1 Å². The van der Waals surface area contributed by atoms with Gasteiger partial charge in [-0.15, -0.1) is 0 Å². The van der Waals surface area contributed by atoms with Gasteiger partial charge in [0.05, 0.1) is 6.54 Å². The van der Waals surface area contributed by atoms with Crippen LogP contribution in [0.25, 0.3) is 11.1 Å². The third-order valence-electron chi connectivity index (χ3n) is 5.91. The summed E-state index contributed by atoms with van der Waals surface area (Å²) in [4.78, 5) is 29.5. The molecule has 30 heavy (non-hydrogen) atoms. The summed E-state index contributed by atoms with van der Waals surface area (Å²) >= 11 is 0. The van der Waals surface area contributed by atoms with Crippen LogP contribution in [0.1, 0.15) is 38.7 Å². The minimum Gasteiger partial charge on any atom is -0.477 e. The molecule has 0 unspecified atom stereocenters. The number of carbonyl (C=O) groups excluding carboxylic acids is 1. The summed E-state index contributed by atoms with van der Waals surface area (Å²) in [6, 6.07) is 18.1. The molecular weight excluding hydrogens is 380 g/mol. The Bertz CT molecular complexity index is 1110. The molecule has 1 aromatic heterocycles. The molecule has 0 radical (unpaired) electrons. The maximum absolute atomic E-state index is 12.8. The number of rotatable bonds is 3. The van der Waals surface area contributed by atoms with Gasteiger partial charge in [-0.05, 0) is 45.9 Å². The number of carboxylic acid groups (broad SMARTS) is 1. The monoisotopic (exact) mass is 400 g/mol. The van der Waals surface area contributed by atoms with Crippen molar-refractivity contribution >= 4 is 12.1 Å². The molecule has 1 aliphatic carbocycles. The lowest BCUT2D eigenvalue weighted by Gasteiger charge is -2.28. The molecule has 0 fully saturated rings. The van der Waals surface area contributed by atoms with E-state index in [1.165, 1.54) is 22.3 Å². The number of ether oxygens (including phenoxy) is 1. The Kier molecular flexibility index (Phi) is 4.47. The highest BCUT2D eigenvalue weighted by Crippen LogP contribution is 2.44. The molecular formula is C24H20N2O4. The van der Waals surface area contributed by atoms with E-state index in [0.717, 1.165) is 11.1 Å². The largest absolute Gasteiger partial charge is 0.477 e. The van der Waals surface area contributed by atoms with Crippen molar-refractivity contribution in [3.63, 3.8) is 0 Å². The second-order valence-electron chi connectivity index (χ2n) is 7.62. The van der Waals surface area contributed by atoms with Gasteiger partial charge in [-0.1, -0.05) is 48.5 Å². The Morgan fingerprint density at radius 3 is 2.37 bits per heavy atom. The van der Waals surface area contributed by atoms with E-state index >= 15 is 0 Å². The van der Waals surface area contributed by atoms with E-state index in [1.807, 2.05) is 24.3 Å². The highest BCUT2D eigenvalue weighted by molar-refractivity contribution is 5.85. The number of aromatic nitrogens is 1. The maximum atomic E-state index is 12.8. The fourth-order valence-corrected chi connectivity index (χ4v) is 4.40. The molecule has 1 N–H and O–H groups in total. The highest BCUT2D eigenvalue weighted by Gasteiger charge is 2.30. The van der Waals surface area contributed by atoms with Crippen LogP contribution in [-0.4, -0.2) is 40.2 Å². The van der Waals surface area contributed by atoms with Gasteiger partial charge in [-0.25, -0.2) is 14.6 Å².